The third-order valence-corrected chi connectivity index (χ3v) is 5.37. The summed E-state index contributed by atoms with van der Waals surface area (Å²) >= 11 is 0. The molecule has 2 rings (SSSR count). The first kappa shape index (κ1) is 15.6. The van der Waals surface area contributed by atoms with Crippen LogP contribution in [0.4, 0.5) is 0 Å². The molecule has 0 aliphatic heterocycles. The first-order valence-electron chi connectivity index (χ1n) is 8.49. The van der Waals surface area contributed by atoms with Gasteiger partial charge in [0.15, 0.2) is 0 Å². The van der Waals surface area contributed by atoms with E-state index in [9.17, 15) is 0 Å². The van der Waals surface area contributed by atoms with Gasteiger partial charge in [-0.15, -0.1) is 0 Å². The van der Waals surface area contributed by atoms with Crippen molar-refractivity contribution in [2.24, 2.45) is 5.41 Å². The summed E-state index contributed by atoms with van der Waals surface area (Å²) in [5.74, 6) is 0. The summed E-state index contributed by atoms with van der Waals surface area (Å²) < 4.78 is 0. The molecule has 1 unspecified atom stereocenters. The lowest BCUT2D eigenvalue weighted by molar-refractivity contribution is 0.184. The van der Waals surface area contributed by atoms with E-state index in [-0.39, 0.29) is 0 Å². The Balaban J connectivity index is 2.17. The van der Waals surface area contributed by atoms with E-state index in [1.807, 2.05) is 0 Å². The van der Waals surface area contributed by atoms with Gasteiger partial charge in [-0.3, -0.25) is 0 Å². The van der Waals surface area contributed by atoms with Crippen molar-refractivity contribution in [3.63, 3.8) is 0 Å². The summed E-state index contributed by atoms with van der Waals surface area (Å²) in [7, 11) is 0. The molecule has 0 spiro atoms. The predicted molar refractivity (Wildman–Crippen MR) is 88.2 cm³/mol. The van der Waals surface area contributed by atoms with Crippen LogP contribution in [0.5, 0.6) is 0 Å². The molecule has 0 amide bonds. The zero-order valence-corrected chi connectivity index (χ0v) is 13.5. The quantitative estimate of drug-likeness (QED) is 0.747. The topological polar surface area (TPSA) is 12.0 Å². The minimum atomic E-state index is 0.539. The Morgan fingerprint density at radius 2 is 1.85 bits per heavy atom. The highest BCUT2D eigenvalue weighted by atomic mass is 14.9. The predicted octanol–water partition coefficient (Wildman–Crippen LogP) is 4.88. The fraction of sp³-hybridized carbons (Fsp3) is 0.684. The van der Waals surface area contributed by atoms with Crippen LogP contribution in [0.25, 0.3) is 0 Å². The Labute approximate surface area is 125 Å². The zero-order valence-electron chi connectivity index (χ0n) is 13.5. The van der Waals surface area contributed by atoms with Crippen molar-refractivity contribution in [3.8, 4) is 0 Å². The standard InChI is InChI=1S/C19H31N/c1-4-14-20-18(19(5-2)12-8-9-13-19)15-17-11-7-6-10-16(17)3/h6-7,10-11,18,20H,4-5,8-9,12-15H2,1-3H3. The van der Waals surface area contributed by atoms with Gasteiger partial charge in [0.25, 0.3) is 0 Å². The average molecular weight is 273 g/mol. The number of hydrogen-bond acceptors (Lipinski definition) is 1. The van der Waals surface area contributed by atoms with E-state index in [0.29, 0.717) is 11.5 Å². The minimum absolute atomic E-state index is 0.539. The van der Waals surface area contributed by atoms with E-state index in [1.54, 1.807) is 0 Å². The van der Waals surface area contributed by atoms with Crippen LogP contribution in [0.3, 0.4) is 0 Å². The lowest BCUT2D eigenvalue weighted by Crippen LogP contribution is -2.45. The van der Waals surface area contributed by atoms with E-state index < -0.39 is 0 Å². The molecule has 1 heteroatoms. The molecule has 0 bridgehead atoms. The third kappa shape index (κ3) is 3.44. The van der Waals surface area contributed by atoms with E-state index >= 15 is 0 Å². The van der Waals surface area contributed by atoms with Crippen LogP contribution in [0.15, 0.2) is 24.3 Å². The summed E-state index contributed by atoms with van der Waals surface area (Å²) in [6, 6.07) is 9.55. The lowest BCUT2D eigenvalue weighted by Gasteiger charge is -2.38. The smallest absolute Gasteiger partial charge is 0.0164 e. The van der Waals surface area contributed by atoms with Gasteiger partial charge < -0.3 is 5.32 Å². The van der Waals surface area contributed by atoms with Crippen LogP contribution in [0.2, 0.25) is 0 Å². The highest BCUT2D eigenvalue weighted by Gasteiger charge is 2.39. The van der Waals surface area contributed by atoms with Crippen molar-refractivity contribution in [2.45, 2.75) is 71.8 Å². The maximum atomic E-state index is 3.88. The van der Waals surface area contributed by atoms with E-state index in [4.69, 9.17) is 0 Å². The maximum Gasteiger partial charge on any atom is 0.0164 e. The normalized spacial score (nSPS) is 19.1. The Morgan fingerprint density at radius 1 is 1.15 bits per heavy atom. The third-order valence-electron chi connectivity index (χ3n) is 5.37. The van der Waals surface area contributed by atoms with Crippen LogP contribution in [0, 0.1) is 12.3 Å². The Hall–Kier alpha value is -0.820. The molecule has 1 saturated carbocycles. The van der Waals surface area contributed by atoms with Crippen LogP contribution in [-0.2, 0) is 6.42 Å². The first-order valence-corrected chi connectivity index (χ1v) is 8.49. The molecule has 1 N–H and O–H groups in total. The van der Waals surface area contributed by atoms with Crippen molar-refractivity contribution in [1.82, 2.24) is 5.32 Å². The molecule has 1 aromatic rings. The largest absolute Gasteiger partial charge is 0.313 e. The molecule has 0 saturated heterocycles. The molecule has 0 aromatic heterocycles. The molecule has 0 heterocycles. The molecule has 1 aromatic carbocycles. The molecule has 20 heavy (non-hydrogen) atoms. The molecule has 112 valence electrons. The summed E-state index contributed by atoms with van der Waals surface area (Å²) in [5.41, 5.74) is 3.51. The molecule has 1 nitrogen and oxygen atoms in total. The fourth-order valence-electron chi connectivity index (χ4n) is 3.91. The van der Waals surface area contributed by atoms with Crippen molar-refractivity contribution < 1.29 is 0 Å². The number of aryl methyl sites for hydroxylation is 1. The van der Waals surface area contributed by atoms with Crippen LogP contribution in [-0.4, -0.2) is 12.6 Å². The van der Waals surface area contributed by atoms with Gasteiger partial charge in [0.1, 0.15) is 0 Å². The van der Waals surface area contributed by atoms with Gasteiger partial charge in [-0.25, -0.2) is 0 Å². The van der Waals surface area contributed by atoms with E-state index in [1.165, 1.54) is 56.1 Å². The first-order chi connectivity index (χ1) is 9.72. The lowest BCUT2D eigenvalue weighted by atomic mass is 9.73. The molecular weight excluding hydrogens is 242 g/mol. The highest BCUT2D eigenvalue weighted by molar-refractivity contribution is 5.27. The van der Waals surface area contributed by atoms with Gasteiger partial charge in [-0.2, -0.15) is 0 Å². The van der Waals surface area contributed by atoms with Crippen molar-refractivity contribution in [2.75, 3.05) is 6.54 Å². The molecule has 1 atom stereocenters. The monoisotopic (exact) mass is 273 g/mol. The second kappa shape index (κ2) is 7.26. The van der Waals surface area contributed by atoms with Gasteiger partial charge in [0.05, 0.1) is 0 Å². The van der Waals surface area contributed by atoms with Crippen LogP contribution in [0.1, 0.15) is 63.5 Å². The average Bonchev–Trinajstić information content (AvgIpc) is 2.95. The van der Waals surface area contributed by atoms with Gasteiger partial charge in [-0.05, 0) is 62.1 Å². The van der Waals surface area contributed by atoms with Crippen molar-refractivity contribution in [3.05, 3.63) is 35.4 Å². The number of rotatable bonds is 7. The highest BCUT2D eigenvalue weighted by Crippen LogP contribution is 2.44. The molecule has 1 fully saturated rings. The summed E-state index contributed by atoms with van der Waals surface area (Å²) in [6.07, 6.45) is 9.41. The van der Waals surface area contributed by atoms with E-state index in [2.05, 4.69) is 50.4 Å². The van der Waals surface area contributed by atoms with Gasteiger partial charge in [-0.1, -0.05) is 51.0 Å². The Bertz CT molecular complexity index is 404. The van der Waals surface area contributed by atoms with E-state index in [0.717, 1.165) is 6.54 Å². The van der Waals surface area contributed by atoms with Crippen molar-refractivity contribution in [1.29, 1.82) is 0 Å². The summed E-state index contributed by atoms with van der Waals surface area (Å²) in [6.45, 7) is 8.06. The molecule has 1 aliphatic carbocycles. The minimum Gasteiger partial charge on any atom is -0.313 e. The SMILES string of the molecule is CCCNC(Cc1ccccc1C)C1(CC)CCCC1. The number of benzene rings is 1. The van der Waals surface area contributed by atoms with Gasteiger partial charge in [0.2, 0.25) is 0 Å². The maximum absolute atomic E-state index is 3.88. The van der Waals surface area contributed by atoms with Crippen molar-refractivity contribution >= 4 is 0 Å². The number of hydrogen-bond donors (Lipinski definition) is 1. The van der Waals surface area contributed by atoms with Gasteiger partial charge in [0, 0.05) is 6.04 Å². The van der Waals surface area contributed by atoms with Crippen LogP contribution >= 0.6 is 0 Å². The second-order valence-corrected chi connectivity index (χ2v) is 6.56. The number of nitrogens with one attached hydrogen (secondary N) is 1. The van der Waals surface area contributed by atoms with Gasteiger partial charge >= 0.3 is 0 Å². The van der Waals surface area contributed by atoms with Crippen LogP contribution < -0.4 is 5.32 Å². The molecular formula is C19H31N. The Kier molecular flexibility index (Phi) is 5.65. The molecule has 1 aliphatic rings. The summed E-state index contributed by atoms with van der Waals surface area (Å²) in [5, 5.41) is 3.88. The second-order valence-electron chi connectivity index (χ2n) is 6.56. The summed E-state index contributed by atoms with van der Waals surface area (Å²) in [4.78, 5) is 0. The zero-order chi connectivity index (χ0) is 14.4. The molecule has 0 radical (unpaired) electrons. The fourth-order valence-corrected chi connectivity index (χ4v) is 3.91. The Morgan fingerprint density at radius 3 is 2.45 bits per heavy atom.